The lowest BCUT2D eigenvalue weighted by Crippen LogP contribution is -2.32. The van der Waals surface area contributed by atoms with E-state index in [1.807, 2.05) is 12.1 Å². The second-order valence-corrected chi connectivity index (χ2v) is 6.14. The van der Waals surface area contributed by atoms with Crippen molar-refractivity contribution < 1.29 is 4.39 Å². The first-order valence-electron chi connectivity index (χ1n) is 7.96. The van der Waals surface area contributed by atoms with Crippen molar-refractivity contribution in [1.82, 2.24) is 14.9 Å². The second kappa shape index (κ2) is 6.13. The molecule has 0 N–H and O–H groups in total. The topological polar surface area (TPSA) is 29.0 Å². The van der Waals surface area contributed by atoms with Gasteiger partial charge in [-0.2, -0.15) is 0 Å². The smallest absolute Gasteiger partial charge is 0.131 e. The zero-order valence-electron chi connectivity index (χ0n) is 13.4. The Morgan fingerprint density at radius 3 is 2.55 bits per heavy atom. The van der Waals surface area contributed by atoms with Gasteiger partial charge in [0.15, 0.2) is 0 Å². The highest BCUT2D eigenvalue weighted by molar-refractivity contribution is 5.64. The van der Waals surface area contributed by atoms with E-state index in [0.717, 1.165) is 48.8 Å². The first-order chi connectivity index (χ1) is 10.6. The predicted molar refractivity (Wildman–Crippen MR) is 86.2 cm³/mol. The van der Waals surface area contributed by atoms with Crippen LogP contribution in [-0.2, 0) is 13.0 Å². The molecule has 22 heavy (non-hydrogen) atoms. The maximum atomic E-state index is 13.2. The van der Waals surface area contributed by atoms with Gasteiger partial charge in [0.1, 0.15) is 11.6 Å². The van der Waals surface area contributed by atoms with Gasteiger partial charge in [-0.3, -0.25) is 4.90 Å². The molecule has 0 saturated carbocycles. The summed E-state index contributed by atoms with van der Waals surface area (Å²) in [6.45, 7) is 9.33. The van der Waals surface area contributed by atoms with Gasteiger partial charge in [0, 0.05) is 36.6 Å². The van der Waals surface area contributed by atoms with E-state index < -0.39 is 0 Å². The van der Waals surface area contributed by atoms with E-state index in [0.29, 0.717) is 0 Å². The van der Waals surface area contributed by atoms with Crippen molar-refractivity contribution >= 4 is 0 Å². The van der Waals surface area contributed by atoms with Crippen molar-refractivity contribution in [3.63, 3.8) is 0 Å². The highest BCUT2D eigenvalue weighted by Gasteiger charge is 2.23. The molecule has 2 aromatic rings. The van der Waals surface area contributed by atoms with E-state index >= 15 is 0 Å². The molecule has 0 spiro atoms. The number of benzene rings is 1. The van der Waals surface area contributed by atoms with Crippen molar-refractivity contribution in [3.05, 3.63) is 47.2 Å². The first-order valence-corrected chi connectivity index (χ1v) is 7.96. The summed E-state index contributed by atoms with van der Waals surface area (Å²) in [5.74, 6) is 0.947. The minimum Gasteiger partial charge on any atom is -0.299 e. The summed E-state index contributed by atoms with van der Waals surface area (Å²) in [4.78, 5) is 12.0. The van der Waals surface area contributed by atoms with E-state index in [1.54, 1.807) is 0 Å². The Kier molecular flexibility index (Phi) is 4.21. The molecule has 4 heteroatoms. The lowest BCUT2D eigenvalue weighted by Gasteiger charge is -2.29. The predicted octanol–water partition coefficient (Wildman–Crippen LogP) is 3.78. The normalized spacial score (nSPS) is 15.1. The van der Waals surface area contributed by atoms with Crippen LogP contribution in [0.1, 0.15) is 43.8 Å². The molecule has 0 aliphatic carbocycles. The number of aromatic nitrogens is 2. The third-order valence-corrected chi connectivity index (χ3v) is 4.24. The van der Waals surface area contributed by atoms with Crippen LogP contribution in [-0.4, -0.2) is 28.0 Å². The van der Waals surface area contributed by atoms with Gasteiger partial charge >= 0.3 is 0 Å². The fourth-order valence-electron chi connectivity index (χ4n) is 2.86. The molecule has 0 radical (unpaired) electrons. The van der Waals surface area contributed by atoms with Crippen LogP contribution in [0.25, 0.3) is 11.3 Å². The quantitative estimate of drug-likeness (QED) is 0.863. The van der Waals surface area contributed by atoms with Crippen LogP contribution >= 0.6 is 0 Å². The molecule has 1 aromatic carbocycles. The molecule has 0 atom stereocenters. The van der Waals surface area contributed by atoms with Gasteiger partial charge in [-0.15, -0.1) is 0 Å². The molecular formula is C18H22FN3. The molecule has 1 aliphatic rings. The fraction of sp³-hybridized carbons (Fsp3) is 0.444. The molecular weight excluding hydrogens is 277 g/mol. The SMILES string of the molecule is CCN1CCc2nc(C(C)C)nc(-c3ccc(F)cc3)c2C1. The average molecular weight is 299 g/mol. The minimum atomic E-state index is -0.217. The monoisotopic (exact) mass is 299 g/mol. The van der Waals surface area contributed by atoms with Crippen LogP contribution < -0.4 is 0 Å². The summed E-state index contributed by atoms with van der Waals surface area (Å²) >= 11 is 0. The molecule has 1 aliphatic heterocycles. The van der Waals surface area contributed by atoms with Crippen LogP contribution in [0.5, 0.6) is 0 Å². The van der Waals surface area contributed by atoms with E-state index in [1.165, 1.54) is 17.7 Å². The largest absolute Gasteiger partial charge is 0.299 e. The van der Waals surface area contributed by atoms with E-state index in [-0.39, 0.29) is 11.7 Å². The third kappa shape index (κ3) is 2.88. The van der Waals surface area contributed by atoms with Crippen LogP contribution in [0.2, 0.25) is 0 Å². The Hall–Kier alpha value is -1.81. The summed E-state index contributed by atoms with van der Waals surface area (Å²) in [6.07, 6.45) is 0.958. The summed E-state index contributed by atoms with van der Waals surface area (Å²) in [6, 6.07) is 6.62. The molecule has 0 bridgehead atoms. The zero-order chi connectivity index (χ0) is 15.7. The summed E-state index contributed by atoms with van der Waals surface area (Å²) in [7, 11) is 0. The standard InChI is InChI=1S/C18H22FN3/c1-4-22-10-9-16-15(11-22)17(21-18(20-16)12(2)3)13-5-7-14(19)8-6-13/h5-8,12H,4,9-11H2,1-3H3. The van der Waals surface area contributed by atoms with Crippen molar-refractivity contribution in [2.75, 3.05) is 13.1 Å². The number of halogens is 1. The second-order valence-electron chi connectivity index (χ2n) is 6.14. The lowest BCUT2D eigenvalue weighted by molar-refractivity contribution is 0.265. The third-order valence-electron chi connectivity index (χ3n) is 4.24. The Morgan fingerprint density at radius 1 is 1.18 bits per heavy atom. The van der Waals surface area contributed by atoms with Gasteiger partial charge in [-0.25, -0.2) is 14.4 Å². The number of hydrogen-bond donors (Lipinski definition) is 0. The number of hydrogen-bond acceptors (Lipinski definition) is 3. The Morgan fingerprint density at radius 2 is 1.91 bits per heavy atom. The molecule has 3 rings (SSSR count). The summed E-state index contributed by atoms with van der Waals surface area (Å²) in [5.41, 5.74) is 4.29. The highest BCUT2D eigenvalue weighted by Crippen LogP contribution is 2.29. The number of rotatable bonds is 3. The zero-order valence-corrected chi connectivity index (χ0v) is 13.4. The van der Waals surface area contributed by atoms with Gasteiger partial charge in [-0.1, -0.05) is 20.8 Å². The molecule has 1 aromatic heterocycles. The van der Waals surface area contributed by atoms with Crippen LogP contribution in [0, 0.1) is 5.82 Å². The van der Waals surface area contributed by atoms with Crippen molar-refractivity contribution in [1.29, 1.82) is 0 Å². The van der Waals surface area contributed by atoms with E-state index in [2.05, 4.69) is 25.7 Å². The number of nitrogens with zero attached hydrogens (tertiary/aromatic N) is 3. The first kappa shape index (κ1) is 15.1. The van der Waals surface area contributed by atoms with Gasteiger partial charge in [0.2, 0.25) is 0 Å². The molecule has 116 valence electrons. The average Bonchev–Trinajstić information content (AvgIpc) is 2.54. The van der Waals surface area contributed by atoms with Crippen LogP contribution in [0.4, 0.5) is 4.39 Å². The number of fused-ring (bicyclic) bond motifs is 1. The minimum absolute atomic E-state index is 0.217. The Labute approximate surface area is 131 Å². The van der Waals surface area contributed by atoms with Gasteiger partial charge < -0.3 is 0 Å². The molecule has 3 nitrogen and oxygen atoms in total. The van der Waals surface area contributed by atoms with Crippen molar-refractivity contribution in [2.24, 2.45) is 0 Å². The maximum Gasteiger partial charge on any atom is 0.131 e. The molecule has 2 heterocycles. The van der Waals surface area contributed by atoms with Gasteiger partial charge in [0.25, 0.3) is 0 Å². The Bertz CT molecular complexity index is 665. The van der Waals surface area contributed by atoms with Crippen LogP contribution in [0.15, 0.2) is 24.3 Å². The fourth-order valence-corrected chi connectivity index (χ4v) is 2.86. The van der Waals surface area contributed by atoms with Gasteiger partial charge in [-0.05, 0) is 30.8 Å². The molecule has 0 saturated heterocycles. The van der Waals surface area contributed by atoms with Crippen molar-refractivity contribution in [2.45, 2.75) is 39.7 Å². The summed E-state index contributed by atoms with van der Waals surface area (Å²) < 4.78 is 13.2. The maximum absolute atomic E-state index is 13.2. The van der Waals surface area contributed by atoms with Crippen LogP contribution in [0.3, 0.4) is 0 Å². The number of likely N-dealkylation sites (N-methyl/N-ethyl adjacent to an activating group) is 1. The molecule has 0 unspecified atom stereocenters. The lowest BCUT2D eigenvalue weighted by atomic mass is 9.98. The van der Waals surface area contributed by atoms with E-state index in [9.17, 15) is 4.39 Å². The van der Waals surface area contributed by atoms with Crippen molar-refractivity contribution in [3.8, 4) is 11.3 Å². The molecule has 0 fully saturated rings. The van der Waals surface area contributed by atoms with E-state index in [4.69, 9.17) is 9.97 Å². The highest BCUT2D eigenvalue weighted by atomic mass is 19.1. The van der Waals surface area contributed by atoms with Gasteiger partial charge in [0.05, 0.1) is 11.4 Å². The summed E-state index contributed by atoms with van der Waals surface area (Å²) in [5, 5.41) is 0. The Balaban J connectivity index is 2.13. The molecule has 0 amide bonds.